The van der Waals surface area contributed by atoms with E-state index in [0.717, 1.165) is 11.7 Å². The second kappa shape index (κ2) is 6.20. The predicted octanol–water partition coefficient (Wildman–Crippen LogP) is 3.15. The number of rotatable bonds is 3. The molecule has 0 spiro atoms. The zero-order valence-electron chi connectivity index (χ0n) is 13.4. The summed E-state index contributed by atoms with van der Waals surface area (Å²) in [4.78, 5) is 26.6. The lowest BCUT2D eigenvalue weighted by Gasteiger charge is -2.08. The quantitative estimate of drug-likeness (QED) is 0.559. The predicted molar refractivity (Wildman–Crippen MR) is 94.0 cm³/mol. The van der Waals surface area contributed by atoms with E-state index in [4.69, 9.17) is 0 Å². The number of imidazole rings is 1. The number of carbonyl (C=O) groups excluding carboxylic acids is 1. The number of nitrogens with zero attached hydrogens (tertiary/aromatic N) is 3. The lowest BCUT2D eigenvalue weighted by atomic mass is 10.1. The van der Waals surface area contributed by atoms with Crippen molar-refractivity contribution in [2.45, 2.75) is 12.7 Å². The van der Waals surface area contributed by atoms with Crippen LogP contribution in [0.3, 0.4) is 0 Å². The molecule has 0 saturated heterocycles. The highest BCUT2D eigenvalue weighted by Gasteiger charge is 2.29. The molecule has 0 aliphatic heterocycles. The largest absolute Gasteiger partial charge is 0.406 e. The van der Waals surface area contributed by atoms with Gasteiger partial charge in [0.25, 0.3) is 5.91 Å². The van der Waals surface area contributed by atoms with E-state index in [0.29, 0.717) is 21.3 Å². The van der Waals surface area contributed by atoms with Crippen molar-refractivity contribution in [1.82, 2.24) is 18.3 Å². The Balaban J connectivity index is 1.67. The summed E-state index contributed by atoms with van der Waals surface area (Å²) in [7, 11) is 0. The topological polar surface area (TPSA) is 92.7 Å². The van der Waals surface area contributed by atoms with Crippen molar-refractivity contribution in [1.29, 1.82) is 0 Å². The fourth-order valence-corrected chi connectivity index (χ4v) is 3.29. The Morgan fingerprint density at radius 3 is 2.81 bits per heavy atom. The molecular weight excluding hydrogens is 383 g/mol. The Morgan fingerprint density at radius 2 is 2.04 bits per heavy atom. The summed E-state index contributed by atoms with van der Waals surface area (Å²) in [5.41, 5.74) is 1.16. The summed E-state index contributed by atoms with van der Waals surface area (Å²) in [6, 6.07) is 9.14. The summed E-state index contributed by atoms with van der Waals surface area (Å²) < 4.78 is 46.7. The number of nitrogens with one attached hydrogen (secondary N) is 2. The maximum absolute atomic E-state index is 12.6. The van der Waals surface area contributed by atoms with Crippen LogP contribution in [-0.4, -0.2) is 30.4 Å². The molecule has 1 amide bonds. The standard InChI is InChI=1S/C16H10F3N5O2S/c17-16(18,19)7-24-12-5-4-8(6-11(12)21-15(24)26)14(25)20-9-2-1-3-10-13(9)23-27-22-10/h1-6H,7H2,(H,20,25)(H,21,26). The first kappa shape index (κ1) is 17.2. The molecule has 0 saturated carbocycles. The first-order chi connectivity index (χ1) is 12.8. The number of halogens is 3. The van der Waals surface area contributed by atoms with Crippen molar-refractivity contribution in [3.63, 3.8) is 0 Å². The molecule has 4 aromatic rings. The third-order valence-electron chi connectivity index (χ3n) is 3.91. The minimum absolute atomic E-state index is 0.0691. The van der Waals surface area contributed by atoms with Crippen LogP contribution in [0.15, 0.2) is 41.2 Å². The van der Waals surface area contributed by atoms with Gasteiger partial charge in [-0.3, -0.25) is 9.36 Å². The Hall–Kier alpha value is -3.21. The number of hydrogen-bond donors (Lipinski definition) is 2. The van der Waals surface area contributed by atoms with Crippen LogP contribution in [0.25, 0.3) is 22.1 Å². The zero-order chi connectivity index (χ0) is 19.2. The average Bonchev–Trinajstić information content (AvgIpc) is 3.19. The van der Waals surface area contributed by atoms with Crippen LogP contribution in [0.5, 0.6) is 0 Å². The molecule has 0 aliphatic carbocycles. The van der Waals surface area contributed by atoms with Gasteiger partial charge in [-0.25, -0.2) is 4.79 Å². The van der Waals surface area contributed by atoms with Gasteiger partial charge in [0, 0.05) is 5.56 Å². The minimum Gasteiger partial charge on any atom is -0.320 e. The molecule has 0 radical (unpaired) electrons. The zero-order valence-corrected chi connectivity index (χ0v) is 14.2. The molecule has 2 aromatic heterocycles. The van der Waals surface area contributed by atoms with E-state index in [1.807, 2.05) is 0 Å². The third kappa shape index (κ3) is 3.28. The molecule has 7 nitrogen and oxygen atoms in total. The van der Waals surface area contributed by atoms with Crippen molar-refractivity contribution in [2.75, 3.05) is 5.32 Å². The number of H-pyrrole nitrogens is 1. The summed E-state index contributed by atoms with van der Waals surface area (Å²) in [6.45, 7) is -1.41. The monoisotopic (exact) mass is 393 g/mol. The van der Waals surface area contributed by atoms with Gasteiger partial charge < -0.3 is 10.3 Å². The van der Waals surface area contributed by atoms with Gasteiger partial charge in [0.05, 0.1) is 28.4 Å². The molecule has 0 unspecified atom stereocenters. The molecule has 2 aromatic carbocycles. The van der Waals surface area contributed by atoms with Gasteiger partial charge in [0.2, 0.25) is 0 Å². The molecule has 11 heteroatoms. The van der Waals surface area contributed by atoms with Gasteiger partial charge in [-0.2, -0.15) is 21.9 Å². The highest BCUT2D eigenvalue weighted by molar-refractivity contribution is 7.00. The van der Waals surface area contributed by atoms with Gasteiger partial charge >= 0.3 is 11.9 Å². The van der Waals surface area contributed by atoms with Crippen molar-refractivity contribution in [3.8, 4) is 0 Å². The molecule has 0 aliphatic rings. The molecular formula is C16H10F3N5O2S. The van der Waals surface area contributed by atoms with Crippen molar-refractivity contribution < 1.29 is 18.0 Å². The third-order valence-corrected chi connectivity index (χ3v) is 4.45. The van der Waals surface area contributed by atoms with Gasteiger partial charge in [-0.05, 0) is 30.3 Å². The van der Waals surface area contributed by atoms with Crippen LogP contribution in [0, 0.1) is 0 Å². The normalized spacial score (nSPS) is 12.0. The maximum Gasteiger partial charge on any atom is 0.406 e. The first-order valence-electron chi connectivity index (χ1n) is 7.64. The van der Waals surface area contributed by atoms with E-state index in [9.17, 15) is 22.8 Å². The first-order valence-corrected chi connectivity index (χ1v) is 8.37. The number of fused-ring (bicyclic) bond motifs is 2. The Morgan fingerprint density at radius 1 is 1.22 bits per heavy atom. The van der Waals surface area contributed by atoms with Gasteiger partial charge in [-0.1, -0.05) is 6.07 Å². The lowest BCUT2D eigenvalue weighted by Crippen LogP contribution is -2.26. The van der Waals surface area contributed by atoms with Crippen LogP contribution >= 0.6 is 11.7 Å². The minimum atomic E-state index is -4.53. The van der Waals surface area contributed by atoms with E-state index >= 15 is 0 Å². The highest BCUT2D eigenvalue weighted by Crippen LogP contribution is 2.23. The molecule has 0 atom stereocenters. The second-order valence-corrected chi connectivity index (χ2v) is 6.28. The summed E-state index contributed by atoms with van der Waals surface area (Å²) in [5, 5.41) is 2.70. The molecule has 4 rings (SSSR count). The summed E-state index contributed by atoms with van der Waals surface area (Å²) in [6.07, 6.45) is -4.53. The summed E-state index contributed by atoms with van der Waals surface area (Å²) >= 11 is 1.01. The van der Waals surface area contributed by atoms with Gasteiger partial charge in [0.15, 0.2) is 0 Å². The average molecular weight is 393 g/mol. The van der Waals surface area contributed by atoms with E-state index in [-0.39, 0.29) is 16.6 Å². The molecule has 138 valence electrons. The number of anilines is 1. The van der Waals surface area contributed by atoms with Crippen LogP contribution in [0.2, 0.25) is 0 Å². The highest BCUT2D eigenvalue weighted by atomic mass is 32.1. The number of amides is 1. The Bertz CT molecular complexity index is 1220. The number of aromatic amines is 1. The molecule has 27 heavy (non-hydrogen) atoms. The van der Waals surface area contributed by atoms with Crippen LogP contribution in [-0.2, 0) is 6.54 Å². The number of aromatic nitrogens is 4. The number of carbonyl (C=O) groups is 1. The Kier molecular flexibility index (Phi) is 3.95. The van der Waals surface area contributed by atoms with Crippen LogP contribution in [0.4, 0.5) is 18.9 Å². The van der Waals surface area contributed by atoms with Crippen LogP contribution in [0.1, 0.15) is 10.4 Å². The smallest absolute Gasteiger partial charge is 0.320 e. The van der Waals surface area contributed by atoms with E-state index < -0.39 is 24.3 Å². The molecule has 2 N–H and O–H groups in total. The van der Waals surface area contributed by atoms with Crippen molar-refractivity contribution >= 4 is 45.4 Å². The second-order valence-electron chi connectivity index (χ2n) is 5.76. The summed E-state index contributed by atoms with van der Waals surface area (Å²) in [5.74, 6) is -0.484. The molecule has 0 fully saturated rings. The fourth-order valence-electron chi connectivity index (χ4n) is 2.74. The SMILES string of the molecule is O=C(Nc1cccc2nsnc12)c1ccc2c(c1)[nH]c(=O)n2CC(F)(F)F. The lowest BCUT2D eigenvalue weighted by molar-refractivity contribution is -0.140. The molecule has 2 heterocycles. The number of hydrogen-bond acceptors (Lipinski definition) is 5. The van der Waals surface area contributed by atoms with Gasteiger partial charge in [0.1, 0.15) is 17.6 Å². The van der Waals surface area contributed by atoms with Crippen LogP contribution < -0.4 is 11.0 Å². The van der Waals surface area contributed by atoms with E-state index in [1.54, 1.807) is 18.2 Å². The van der Waals surface area contributed by atoms with Gasteiger partial charge in [-0.15, -0.1) is 0 Å². The van der Waals surface area contributed by atoms with Crippen molar-refractivity contribution in [2.24, 2.45) is 0 Å². The number of benzene rings is 2. The van der Waals surface area contributed by atoms with Crippen molar-refractivity contribution in [3.05, 3.63) is 52.4 Å². The number of alkyl halides is 3. The van der Waals surface area contributed by atoms with E-state index in [2.05, 4.69) is 19.0 Å². The maximum atomic E-state index is 12.6. The van der Waals surface area contributed by atoms with E-state index in [1.165, 1.54) is 18.2 Å². The fraction of sp³-hybridized carbons (Fsp3) is 0.125. The Labute approximate surface area is 152 Å². The molecule has 0 bridgehead atoms.